The molecule has 2 fully saturated rings. The van der Waals surface area contributed by atoms with Gasteiger partial charge < -0.3 is 19.5 Å². The summed E-state index contributed by atoms with van der Waals surface area (Å²) in [5.41, 5.74) is 0. The number of aliphatic carboxylic acids is 1. The van der Waals surface area contributed by atoms with Crippen LogP contribution in [0.5, 0.6) is 0 Å². The van der Waals surface area contributed by atoms with Crippen molar-refractivity contribution in [3.63, 3.8) is 0 Å². The van der Waals surface area contributed by atoms with E-state index in [0.29, 0.717) is 26.2 Å². The molecule has 6 heteroatoms. The molecule has 2 rings (SSSR count). The van der Waals surface area contributed by atoms with Gasteiger partial charge in [-0.2, -0.15) is 0 Å². The van der Waals surface area contributed by atoms with E-state index in [9.17, 15) is 9.59 Å². The number of rotatable bonds is 2. The van der Waals surface area contributed by atoms with Gasteiger partial charge in [0.15, 0.2) is 6.10 Å². The molecule has 0 spiro atoms. The summed E-state index contributed by atoms with van der Waals surface area (Å²) in [6.07, 6.45) is 1.59. The summed E-state index contributed by atoms with van der Waals surface area (Å²) >= 11 is 0. The van der Waals surface area contributed by atoms with Crippen molar-refractivity contribution in [1.82, 2.24) is 4.90 Å². The molecule has 0 bridgehead atoms. The summed E-state index contributed by atoms with van der Waals surface area (Å²) in [5.74, 6) is -1.19. The highest BCUT2D eigenvalue weighted by Crippen LogP contribution is 2.19. The van der Waals surface area contributed by atoms with Crippen molar-refractivity contribution in [3.05, 3.63) is 0 Å². The first-order chi connectivity index (χ1) is 8.20. The fraction of sp³-hybridized carbons (Fsp3) is 0.818. The van der Waals surface area contributed by atoms with Gasteiger partial charge in [0.1, 0.15) is 6.04 Å². The molecular weight excluding hydrogens is 226 g/mol. The average Bonchev–Trinajstić information content (AvgIpc) is 2.39. The van der Waals surface area contributed by atoms with Gasteiger partial charge in [-0.3, -0.25) is 4.79 Å². The zero-order chi connectivity index (χ0) is 12.3. The Labute approximate surface area is 99.5 Å². The van der Waals surface area contributed by atoms with Crippen LogP contribution in [0.1, 0.15) is 19.3 Å². The van der Waals surface area contributed by atoms with Crippen molar-refractivity contribution in [3.8, 4) is 0 Å². The maximum Gasteiger partial charge on any atom is 0.326 e. The highest BCUT2D eigenvalue weighted by molar-refractivity contribution is 5.86. The molecule has 2 atom stereocenters. The first-order valence-electron chi connectivity index (χ1n) is 5.93. The molecule has 0 aromatic carbocycles. The van der Waals surface area contributed by atoms with Crippen molar-refractivity contribution < 1.29 is 24.2 Å². The Morgan fingerprint density at radius 1 is 1.24 bits per heavy atom. The first kappa shape index (κ1) is 12.3. The Kier molecular flexibility index (Phi) is 3.96. The van der Waals surface area contributed by atoms with Crippen molar-refractivity contribution in [2.75, 3.05) is 26.4 Å². The molecule has 2 aliphatic heterocycles. The Hall–Kier alpha value is -1.14. The van der Waals surface area contributed by atoms with Gasteiger partial charge in [-0.05, 0) is 19.3 Å². The lowest BCUT2D eigenvalue weighted by Crippen LogP contribution is -2.53. The van der Waals surface area contributed by atoms with Gasteiger partial charge in [0.05, 0.1) is 19.8 Å². The van der Waals surface area contributed by atoms with Gasteiger partial charge in [-0.15, -0.1) is 0 Å². The van der Waals surface area contributed by atoms with Crippen LogP contribution in [-0.2, 0) is 19.1 Å². The van der Waals surface area contributed by atoms with Crippen LogP contribution in [0, 0.1) is 0 Å². The van der Waals surface area contributed by atoms with Gasteiger partial charge in [0.2, 0.25) is 0 Å². The normalized spacial score (nSPS) is 30.0. The summed E-state index contributed by atoms with van der Waals surface area (Å²) in [7, 11) is 0. The summed E-state index contributed by atoms with van der Waals surface area (Å²) < 4.78 is 10.5. The number of likely N-dealkylation sites (tertiary alicyclic amines) is 1. The molecule has 0 aromatic rings. The number of hydrogen-bond acceptors (Lipinski definition) is 4. The number of carbonyl (C=O) groups excluding carboxylic acids is 1. The van der Waals surface area contributed by atoms with E-state index in [0.717, 1.165) is 12.8 Å². The van der Waals surface area contributed by atoms with Crippen molar-refractivity contribution in [2.24, 2.45) is 0 Å². The van der Waals surface area contributed by atoms with E-state index in [1.807, 2.05) is 0 Å². The SMILES string of the molecule is O=C(O)[C@H]1CCCCN1C(=O)[C@@H]1COCCO1. The molecule has 96 valence electrons. The van der Waals surface area contributed by atoms with Crippen LogP contribution >= 0.6 is 0 Å². The Morgan fingerprint density at radius 3 is 2.71 bits per heavy atom. The van der Waals surface area contributed by atoms with E-state index < -0.39 is 18.1 Å². The van der Waals surface area contributed by atoms with Crippen molar-refractivity contribution in [2.45, 2.75) is 31.4 Å². The topological polar surface area (TPSA) is 76.1 Å². The quantitative estimate of drug-likeness (QED) is 0.731. The smallest absolute Gasteiger partial charge is 0.326 e. The Morgan fingerprint density at radius 2 is 2.06 bits per heavy atom. The monoisotopic (exact) mass is 243 g/mol. The van der Waals surface area contributed by atoms with Crippen LogP contribution in [0.3, 0.4) is 0 Å². The van der Waals surface area contributed by atoms with E-state index in [2.05, 4.69) is 0 Å². The Bertz CT molecular complexity index is 300. The molecular formula is C11H17NO5. The fourth-order valence-corrected chi connectivity index (χ4v) is 2.27. The highest BCUT2D eigenvalue weighted by Gasteiger charge is 2.36. The number of piperidine rings is 1. The maximum atomic E-state index is 12.1. The fourth-order valence-electron chi connectivity index (χ4n) is 2.27. The largest absolute Gasteiger partial charge is 0.480 e. The molecule has 6 nitrogen and oxygen atoms in total. The first-order valence-corrected chi connectivity index (χ1v) is 5.93. The molecule has 2 saturated heterocycles. The third-order valence-electron chi connectivity index (χ3n) is 3.16. The number of ether oxygens (including phenoxy) is 2. The number of carbonyl (C=O) groups is 2. The number of nitrogens with zero attached hydrogens (tertiary/aromatic N) is 1. The van der Waals surface area contributed by atoms with Crippen LogP contribution < -0.4 is 0 Å². The van der Waals surface area contributed by atoms with Gasteiger partial charge in [0, 0.05) is 6.54 Å². The zero-order valence-electron chi connectivity index (χ0n) is 9.63. The molecule has 0 aromatic heterocycles. The second-order valence-corrected chi connectivity index (χ2v) is 4.32. The van der Waals surface area contributed by atoms with E-state index in [4.69, 9.17) is 14.6 Å². The van der Waals surface area contributed by atoms with Gasteiger partial charge in [0.25, 0.3) is 5.91 Å². The van der Waals surface area contributed by atoms with E-state index in [-0.39, 0.29) is 12.5 Å². The minimum Gasteiger partial charge on any atom is -0.480 e. The van der Waals surface area contributed by atoms with Gasteiger partial charge in [-0.25, -0.2) is 4.79 Å². The standard InChI is InChI=1S/C11H17NO5/c13-10(9-7-16-5-6-17-9)12-4-2-1-3-8(12)11(14)15/h8-9H,1-7H2,(H,14,15)/t8-,9+/m1/s1. The van der Waals surface area contributed by atoms with Gasteiger partial charge >= 0.3 is 5.97 Å². The molecule has 0 unspecified atom stereocenters. The van der Waals surface area contributed by atoms with E-state index >= 15 is 0 Å². The molecule has 17 heavy (non-hydrogen) atoms. The van der Waals surface area contributed by atoms with Crippen LogP contribution in [0.4, 0.5) is 0 Å². The second kappa shape index (κ2) is 5.46. The molecule has 0 aliphatic carbocycles. The predicted molar refractivity (Wildman–Crippen MR) is 57.5 cm³/mol. The van der Waals surface area contributed by atoms with Crippen LogP contribution in [-0.4, -0.2) is 60.4 Å². The van der Waals surface area contributed by atoms with Crippen molar-refractivity contribution in [1.29, 1.82) is 0 Å². The van der Waals surface area contributed by atoms with Crippen LogP contribution in [0.25, 0.3) is 0 Å². The third-order valence-corrected chi connectivity index (χ3v) is 3.16. The lowest BCUT2D eigenvalue weighted by atomic mass is 10.0. The molecule has 0 saturated carbocycles. The summed E-state index contributed by atoms with van der Waals surface area (Å²) in [6.45, 7) is 1.60. The number of carboxylic acid groups (broad SMARTS) is 1. The van der Waals surface area contributed by atoms with E-state index in [1.54, 1.807) is 0 Å². The highest BCUT2D eigenvalue weighted by atomic mass is 16.6. The van der Waals surface area contributed by atoms with Crippen molar-refractivity contribution >= 4 is 11.9 Å². The maximum absolute atomic E-state index is 12.1. The molecule has 2 aliphatic rings. The molecule has 2 heterocycles. The molecule has 1 N–H and O–H groups in total. The lowest BCUT2D eigenvalue weighted by molar-refractivity contribution is -0.167. The predicted octanol–water partition coefficient (Wildman–Crippen LogP) is -0.133. The Balaban J connectivity index is 2.02. The number of carboxylic acids is 1. The van der Waals surface area contributed by atoms with E-state index in [1.165, 1.54) is 4.90 Å². The minimum absolute atomic E-state index is 0.224. The summed E-state index contributed by atoms with van der Waals surface area (Å²) in [4.78, 5) is 24.6. The second-order valence-electron chi connectivity index (χ2n) is 4.32. The molecule has 1 amide bonds. The zero-order valence-corrected chi connectivity index (χ0v) is 9.63. The van der Waals surface area contributed by atoms with Crippen LogP contribution in [0.2, 0.25) is 0 Å². The minimum atomic E-state index is -0.935. The summed E-state index contributed by atoms with van der Waals surface area (Å²) in [5, 5.41) is 9.09. The molecule has 0 radical (unpaired) electrons. The third kappa shape index (κ3) is 2.76. The van der Waals surface area contributed by atoms with Crippen LogP contribution in [0.15, 0.2) is 0 Å². The number of amides is 1. The summed E-state index contributed by atoms with van der Waals surface area (Å²) in [6, 6.07) is -0.707. The number of hydrogen-bond donors (Lipinski definition) is 1. The lowest BCUT2D eigenvalue weighted by Gasteiger charge is -2.36. The average molecular weight is 243 g/mol. The van der Waals surface area contributed by atoms with Gasteiger partial charge in [-0.1, -0.05) is 0 Å².